The second-order valence-electron chi connectivity index (χ2n) is 7.35. The molecule has 26 heavy (non-hydrogen) atoms. The Morgan fingerprint density at radius 2 is 1.96 bits per heavy atom. The minimum atomic E-state index is -0.361. The number of fused-ring (bicyclic) bond motifs is 2. The van der Waals surface area contributed by atoms with Gasteiger partial charge in [0.2, 0.25) is 0 Å². The Labute approximate surface area is 158 Å². The van der Waals surface area contributed by atoms with Gasteiger partial charge in [-0.3, -0.25) is 14.4 Å². The average molecular weight is 378 g/mol. The first kappa shape index (κ1) is 18.9. The molecule has 3 rings (SSSR count). The van der Waals surface area contributed by atoms with Crippen LogP contribution < -0.4 is 5.32 Å². The van der Waals surface area contributed by atoms with Crippen LogP contribution in [0.4, 0.5) is 0 Å². The van der Waals surface area contributed by atoms with Gasteiger partial charge in [-0.25, -0.2) is 0 Å². The zero-order valence-corrected chi connectivity index (χ0v) is 15.6. The molecule has 4 atom stereocenters. The number of benzene rings is 1. The fourth-order valence-electron chi connectivity index (χ4n) is 4.07. The molecule has 2 fully saturated rings. The Balaban J connectivity index is 1.47. The van der Waals surface area contributed by atoms with E-state index in [0.29, 0.717) is 23.6 Å². The molecule has 1 aromatic carbocycles. The van der Waals surface area contributed by atoms with E-state index in [1.165, 1.54) is 0 Å². The summed E-state index contributed by atoms with van der Waals surface area (Å²) in [6, 6.07) is 7.02. The van der Waals surface area contributed by atoms with Crippen molar-refractivity contribution in [2.75, 3.05) is 6.61 Å². The van der Waals surface area contributed by atoms with Gasteiger partial charge >= 0.3 is 5.97 Å². The maximum absolute atomic E-state index is 12.3. The molecule has 2 aliphatic rings. The number of nitrogens with one attached hydrogen (secondary N) is 1. The zero-order valence-electron chi connectivity index (χ0n) is 14.9. The van der Waals surface area contributed by atoms with Gasteiger partial charge in [-0.2, -0.15) is 0 Å². The second kappa shape index (κ2) is 8.21. The molecule has 6 heteroatoms. The number of hydrogen-bond donors (Lipinski definition) is 1. The molecule has 0 spiro atoms. The highest BCUT2D eigenvalue weighted by Crippen LogP contribution is 2.40. The van der Waals surface area contributed by atoms with Crippen molar-refractivity contribution in [3.8, 4) is 0 Å². The number of ether oxygens (including phenoxy) is 1. The molecule has 1 N–H and O–H groups in total. The van der Waals surface area contributed by atoms with Crippen LogP contribution in [0.25, 0.3) is 0 Å². The largest absolute Gasteiger partial charge is 0.455 e. The van der Waals surface area contributed by atoms with E-state index in [1.54, 1.807) is 12.1 Å². The number of carbonyl (C=O) groups excluding carboxylic acids is 3. The molecule has 1 aromatic rings. The summed E-state index contributed by atoms with van der Waals surface area (Å²) in [4.78, 5) is 36.5. The summed E-state index contributed by atoms with van der Waals surface area (Å²) in [6.07, 6.45) is 3.93. The molecule has 2 saturated carbocycles. The lowest BCUT2D eigenvalue weighted by atomic mass is 9.67. The summed E-state index contributed by atoms with van der Waals surface area (Å²) in [6.45, 7) is 1.54. The van der Waals surface area contributed by atoms with E-state index in [9.17, 15) is 14.4 Å². The van der Waals surface area contributed by atoms with E-state index >= 15 is 0 Å². The minimum Gasteiger partial charge on any atom is -0.455 e. The molecule has 5 nitrogen and oxygen atoms in total. The van der Waals surface area contributed by atoms with Gasteiger partial charge in [0.05, 0.1) is 12.0 Å². The zero-order chi connectivity index (χ0) is 18.7. The molecule has 2 bridgehead atoms. The summed E-state index contributed by atoms with van der Waals surface area (Å²) < 4.78 is 5.22. The van der Waals surface area contributed by atoms with Crippen LogP contribution in [0.1, 0.15) is 50.6 Å². The first-order valence-electron chi connectivity index (χ1n) is 9.19. The molecule has 0 saturated heterocycles. The summed E-state index contributed by atoms with van der Waals surface area (Å²) in [5.74, 6) is -0.666. The van der Waals surface area contributed by atoms with Crippen molar-refractivity contribution < 1.29 is 19.1 Å². The predicted molar refractivity (Wildman–Crippen MR) is 97.5 cm³/mol. The molecule has 2 aliphatic carbocycles. The summed E-state index contributed by atoms with van der Waals surface area (Å²) in [5, 5.41) is 3.40. The Kier molecular flexibility index (Phi) is 5.97. The number of Topliss-reactive ketones (excluding diaryl/α,β-unsaturated/α-hetero) is 1. The Morgan fingerprint density at radius 1 is 1.27 bits per heavy atom. The quantitative estimate of drug-likeness (QED) is 0.797. The van der Waals surface area contributed by atoms with Crippen LogP contribution in [0.3, 0.4) is 0 Å². The van der Waals surface area contributed by atoms with Crippen LogP contribution in [0.15, 0.2) is 24.3 Å². The number of rotatable bonds is 5. The minimum absolute atomic E-state index is 0.00303. The maximum Gasteiger partial charge on any atom is 0.309 e. The van der Waals surface area contributed by atoms with Gasteiger partial charge in [-0.15, -0.1) is 0 Å². The van der Waals surface area contributed by atoms with E-state index in [1.807, 2.05) is 19.1 Å². The first-order valence-corrected chi connectivity index (χ1v) is 9.57. The molecular weight excluding hydrogens is 354 g/mol. The molecule has 0 radical (unpaired) electrons. The van der Waals surface area contributed by atoms with E-state index in [0.717, 1.165) is 24.8 Å². The van der Waals surface area contributed by atoms with E-state index in [4.69, 9.17) is 16.3 Å². The van der Waals surface area contributed by atoms with Crippen molar-refractivity contribution in [3.05, 3.63) is 34.9 Å². The molecule has 140 valence electrons. The Bertz CT molecular complexity index is 689. The lowest BCUT2D eigenvalue weighted by molar-refractivity contribution is -0.156. The van der Waals surface area contributed by atoms with E-state index in [2.05, 4.69) is 5.32 Å². The lowest BCUT2D eigenvalue weighted by Gasteiger charge is -2.36. The van der Waals surface area contributed by atoms with Gasteiger partial charge in [0, 0.05) is 16.9 Å². The molecule has 1 unspecified atom stereocenters. The summed E-state index contributed by atoms with van der Waals surface area (Å²) in [7, 11) is 0. The van der Waals surface area contributed by atoms with Crippen molar-refractivity contribution in [3.63, 3.8) is 0 Å². The second-order valence-corrected chi connectivity index (χ2v) is 7.78. The Morgan fingerprint density at radius 3 is 2.62 bits per heavy atom. The van der Waals surface area contributed by atoms with Crippen LogP contribution in [0, 0.1) is 17.8 Å². The molecule has 0 aliphatic heterocycles. The third kappa shape index (κ3) is 4.44. The highest BCUT2D eigenvalue weighted by molar-refractivity contribution is 6.30. The monoisotopic (exact) mass is 377 g/mol. The van der Waals surface area contributed by atoms with E-state index in [-0.39, 0.29) is 42.3 Å². The van der Waals surface area contributed by atoms with Gasteiger partial charge in [-0.1, -0.05) is 30.2 Å². The van der Waals surface area contributed by atoms with Gasteiger partial charge in [0.25, 0.3) is 5.91 Å². The van der Waals surface area contributed by atoms with Crippen LogP contribution >= 0.6 is 11.6 Å². The maximum atomic E-state index is 12.3. The number of amides is 1. The van der Waals surface area contributed by atoms with Gasteiger partial charge in [0.15, 0.2) is 6.61 Å². The molecule has 1 amide bonds. The normalized spacial score (nSPS) is 26.1. The van der Waals surface area contributed by atoms with Gasteiger partial charge in [0.1, 0.15) is 5.78 Å². The van der Waals surface area contributed by atoms with Crippen molar-refractivity contribution in [2.24, 2.45) is 17.8 Å². The Hall–Kier alpha value is -1.88. The predicted octanol–water partition coefficient (Wildman–Crippen LogP) is 3.46. The van der Waals surface area contributed by atoms with Gasteiger partial charge in [-0.05, 0) is 50.3 Å². The number of hydrogen-bond acceptors (Lipinski definition) is 4. The van der Waals surface area contributed by atoms with Crippen molar-refractivity contribution >= 4 is 29.3 Å². The standard InChI is InChI=1S/C20H24ClNO4/c1-12(13-4-3-7-17(21)10-13)22-18(23)11-26-20(25)16-8-14-5-2-6-15(9-16)19(14)24/h3-4,7,10,12,14-16H,2,5-6,8-9,11H2,1H3,(H,22,23)/t12-,14-,15+,16?/m1/s1. The van der Waals surface area contributed by atoms with Crippen LogP contribution in [0.2, 0.25) is 5.02 Å². The van der Waals surface area contributed by atoms with Crippen LogP contribution in [-0.4, -0.2) is 24.3 Å². The number of carbonyl (C=O) groups is 3. The summed E-state index contributed by atoms with van der Waals surface area (Å²) in [5.41, 5.74) is 0.885. The number of esters is 1. The van der Waals surface area contributed by atoms with Crippen LogP contribution in [0.5, 0.6) is 0 Å². The fraction of sp³-hybridized carbons (Fsp3) is 0.550. The highest BCUT2D eigenvalue weighted by Gasteiger charge is 2.41. The van der Waals surface area contributed by atoms with Gasteiger partial charge < -0.3 is 10.1 Å². The third-order valence-electron chi connectivity index (χ3n) is 5.45. The first-order chi connectivity index (χ1) is 12.4. The SMILES string of the molecule is C[C@@H](NC(=O)COC(=O)C1C[C@H]2CCC[C@@H](C1)C2=O)c1cccc(Cl)c1. The molecule has 0 heterocycles. The lowest BCUT2D eigenvalue weighted by Crippen LogP contribution is -2.40. The summed E-state index contributed by atoms with van der Waals surface area (Å²) >= 11 is 5.96. The van der Waals surface area contributed by atoms with Crippen molar-refractivity contribution in [1.82, 2.24) is 5.32 Å². The fourth-order valence-corrected chi connectivity index (χ4v) is 4.27. The van der Waals surface area contributed by atoms with Crippen molar-refractivity contribution in [1.29, 1.82) is 0 Å². The number of ketones is 1. The molecule has 0 aromatic heterocycles. The topological polar surface area (TPSA) is 72.5 Å². The van der Waals surface area contributed by atoms with E-state index < -0.39 is 0 Å². The average Bonchev–Trinajstić information content (AvgIpc) is 2.59. The smallest absolute Gasteiger partial charge is 0.309 e. The van der Waals surface area contributed by atoms with Crippen molar-refractivity contribution in [2.45, 2.75) is 45.1 Å². The number of halogens is 1. The van der Waals surface area contributed by atoms with Crippen LogP contribution in [-0.2, 0) is 19.1 Å². The molecular formula is C20H24ClNO4. The highest BCUT2D eigenvalue weighted by atomic mass is 35.5. The third-order valence-corrected chi connectivity index (χ3v) is 5.69.